The molecular formula is C16H25N3O5S. The average Bonchev–Trinajstić information content (AvgIpc) is 2.44. The van der Waals surface area contributed by atoms with Crippen LogP contribution in [0.4, 0.5) is 10.5 Å². The van der Waals surface area contributed by atoms with Gasteiger partial charge < -0.3 is 15.7 Å². The minimum Gasteiger partial charge on any atom is -0.481 e. The van der Waals surface area contributed by atoms with E-state index in [-0.39, 0.29) is 23.8 Å². The van der Waals surface area contributed by atoms with Crippen molar-refractivity contribution in [1.29, 1.82) is 0 Å². The zero-order valence-electron chi connectivity index (χ0n) is 14.8. The van der Waals surface area contributed by atoms with E-state index in [9.17, 15) is 18.0 Å². The summed E-state index contributed by atoms with van der Waals surface area (Å²) in [7, 11) is -3.58. The normalized spacial score (nSPS) is 12.0. The lowest BCUT2D eigenvalue weighted by molar-refractivity contribution is -0.137. The number of amides is 2. The molecule has 1 rings (SSSR count). The molecule has 0 saturated heterocycles. The Hall–Kier alpha value is -2.13. The van der Waals surface area contributed by atoms with Crippen LogP contribution >= 0.6 is 0 Å². The molecule has 0 aliphatic rings. The maximum absolute atomic E-state index is 12.0. The van der Waals surface area contributed by atoms with Crippen molar-refractivity contribution >= 4 is 27.7 Å². The van der Waals surface area contributed by atoms with Gasteiger partial charge in [0.2, 0.25) is 10.0 Å². The number of carbonyl (C=O) groups excluding carboxylic acids is 1. The van der Waals surface area contributed by atoms with Gasteiger partial charge in [0.1, 0.15) is 0 Å². The van der Waals surface area contributed by atoms with Gasteiger partial charge in [-0.3, -0.25) is 4.79 Å². The number of benzene rings is 1. The van der Waals surface area contributed by atoms with Gasteiger partial charge in [-0.1, -0.05) is 0 Å². The number of carboxylic acid groups (broad SMARTS) is 1. The monoisotopic (exact) mass is 371 g/mol. The van der Waals surface area contributed by atoms with Crippen molar-refractivity contribution in [3.8, 4) is 0 Å². The van der Waals surface area contributed by atoms with Crippen molar-refractivity contribution in [1.82, 2.24) is 10.0 Å². The molecule has 0 saturated carbocycles. The van der Waals surface area contributed by atoms with Crippen LogP contribution < -0.4 is 15.4 Å². The smallest absolute Gasteiger partial charge is 0.319 e. The minimum absolute atomic E-state index is 0.0529. The molecule has 0 spiro atoms. The molecule has 0 bridgehead atoms. The van der Waals surface area contributed by atoms with Gasteiger partial charge in [0.25, 0.3) is 0 Å². The summed E-state index contributed by atoms with van der Waals surface area (Å²) in [5.74, 6) is -0.929. The Labute approximate surface area is 148 Å². The summed E-state index contributed by atoms with van der Waals surface area (Å²) in [6.45, 7) is 6.90. The summed E-state index contributed by atoms with van der Waals surface area (Å²) in [4.78, 5) is 22.7. The van der Waals surface area contributed by atoms with E-state index in [0.29, 0.717) is 5.69 Å². The first-order valence-electron chi connectivity index (χ1n) is 7.85. The molecule has 1 aromatic rings. The lowest BCUT2D eigenvalue weighted by atomic mass is 9.99. The molecule has 2 amide bonds. The van der Waals surface area contributed by atoms with Crippen molar-refractivity contribution in [2.75, 3.05) is 5.32 Å². The van der Waals surface area contributed by atoms with Crippen molar-refractivity contribution in [2.24, 2.45) is 0 Å². The largest absolute Gasteiger partial charge is 0.481 e. The summed E-state index contributed by atoms with van der Waals surface area (Å²) in [6.07, 6.45) is 0.233. The van der Waals surface area contributed by atoms with Gasteiger partial charge in [-0.05, 0) is 58.4 Å². The molecule has 25 heavy (non-hydrogen) atoms. The van der Waals surface area contributed by atoms with Crippen molar-refractivity contribution in [2.45, 2.75) is 57.0 Å². The van der Waals surface area contributed by atoms with E-state index in [2.05, 4.69) is 15.4 Å². The number of sulfonamides is 1. The first-order chi connectivity index (χ1) is 11.4. The fourth-order valence-electron chi connectivity index (χ4n) is 2.05. The average molecular weight is 371 g/mol. The Kier molecular flexibility index (Phi) is 6.95. The van der Waals surface area contributed by atoms with Gasteiger partial charge in [0.05, 0.1) is 4.90 Å². The van der Waals surface area contributed by atoms with E-state index in [1.807, 2.05) is 0 Å². The number of rotatable bonds is 8. The topological polar surface area (TPSA) is 125 Å². The molecule has 8 nitrogen and oxygen atoms in total. The summed E-state index contributed by atoms with van der Waals surface area (Å²) < 4.78 is 26.5. The first kappa shape index (κ1) is 20.9. The summed E-state index contributed by atoms with van der Waals surface area (Å²) in [5, 5.41) is 14.0. The van der Waals surface area contributed by atoms with Crippen LogP contribution in [-0.4, -0.2) is 37.1 Å². The molecule has 0 unspecified atom stereocenters. The lowest BCUT2D eigenvalue weighted by Gasteiger charge is -2.25. The van der Waals surface area contributed by atoms with Gasteiger partial charge in [0.15, 0.2) is 0 Å². The molecule has 140 valence electrons. The number of carboxylic acids is 1. The summed E-state index contributed by atoms with van der Waals surface area (Å²) in [6, 6.07) is 5.05. The van der Waals surface area contributed by atoms with Crippen LogP contribution in [0, 0.1) is 0 Å². The molecule has 0 aliphatic carbocycles. The third kappa shape index (κ3) is 7.53. The van der Waals surface area contributed by atoms with Crippen LogP contribution in [0.5, 0.6) is 0 Å². The quantitative estimate of drug-likeness (QED) is 0.557. The molecule has 0 atom stereocenters. The Morgan fingerprint density at radius 1 is 1.16 bits per heavy atom. The highest BCUT2D eigenvalue weighted by Crippen LogP contribution is 2.16. The van der Waals surface area contributed by atoms with E-state index in [4.69, 9.17) is 5.11 Å². The van der Waals surface area contributed by atoms with Gasteiger partial charge in [-0.25, -0.2) is 17.9 Å². The molecule has 9 heteroatoms. The Morgan fingerprint density at radius 3 is 2.20 bits per heavy atom. The minimum atomic E-state index is -3.58. The second-order valence-electron chi connectivity index (χ2n) is 6.66. The lowest BCUT2D eigenvalue weighted by Crippen LogP contribution is -2.45. The van der Waals surface area contributed by atoms with Crippen LogP contribution in [0.15, 0.2) is 29.2 Å². The van der Waals surface area contributed by atoms with E-state index < -0.39 is 27.6 Å². The molecule has 0 fully saturated rings. The second kappa shape index (κ2) is 8.30. The van der Waals surface area contributed by atoms with Gasteiger partial charge in [0, 0.05) is 23.7 Å². The highest BCUT2D eigenvalue weighted by Gasteiger charge is 2.21. The van der Waals surface area contributed by atoms with Gasteiger partial charge in [-0.15, -0.1) is 0 Å². The number of nitrogens with one attached hydrogen (secondary N) is 3. The van der Waals surface area contributed by atoms with Crippen LogP contribution in [0.2, 0.25) is 0 Å². The van der Waals surface area contributed by atoms with E-state index >= 15 is 0 Å². The maximum atomic E-state index is 12.0. The molecular weight excluding hydrogens is 346 g/mol. The predicted octanol–water partition coefficient (Wildman–Crippen LogP) is 2.14. The number of hydrogen-bond acceptors (Lipinski definition) is 4. The third-order valence-electron chi connectivity index (χ3n) is 3.23. The van der Waals surface area contributed by atoms with Crippen LogP contribution in [0.3, 0.4) is 0 Å². The van der Waals surface area contributed by atoms with Gasteiger partial charge in [-0.2, -0.15) is 0 Å². The number of carbonyl (C=O) groups is 2. The second-order valence-corrected chi connectivity index (χ2v) is 8.37. The van der Waals surface area contributed by atoms with Crippen LogP contribution in [-0.2, 0) is 14.8 Å². The van der Waals surface area contributed by atoms with Gasteiger partial charge >= 0.3 is 12.0 Å². The number of urea groups is 1. The zero-order chi connectivity index (χ0) is 19.3. The molecule has 4 N–H and O–H groups in total. The zero-order valence-corrected chi connectivity index (χ0v) is 15.6. The highest BCUT2D eigenvalue weighted by atomic mass is 32.2. The Bertz CT molecular complexity index is 712. The van der Waals surface area contributed by atoms with Crippen LogP contribution in [0.25, 0.3) is 0 Å². The summed E-state index contributed by atoms with van der Waals surface area (Å²) in [5.41, 5.74) is -0.262. The number of anilines is 1. The summed E-state index contributed by atoms with van der Waals surface area (Å²) >= 11 is 0. The highest BCUT2D eigenvalue weighted by molar-refractivity contribution is 7.89. The Balaban J connectivity index is 2.69. The standard InChI is InChI=1S/C16H25N3O5S/c1-11(2)19-25(23,24)13-7-5-12(6-8-13)17-15(22)18-16(3,4)10-9-14(20)21/h5-8,11,19H,9-10H2,1-4H3,(H,20,21)(H2,17,18,22). The Morgan fingerprint density at radius 2 is 1.72 bits per heavy atom. The first-order valence-corrected chi connectivity index (χ1v) is 9.33. The van der Waals surface area contributed by atoms with Crippen molar-refractivity contribution in [3.63, 3.8) is 0 Å². The fourth-order valence-corrected chi connectivity index (χ4v) is 3.30. The molecule has 0 aromatic heterocycles. The number of hydrogen-bond donors (Lipinski definition) is 4. The SMILES string of the molecule is CC(C)NS(=O)(=O)c1ccc(NC(=O)NC(C)(C)CCC(=O)O)cc1. The van der Waals surface area contributed by atoms with Crippen molar-refractivity contribution in [3.05, 3.63) is 24.3 Å². The maximum Gasteiger partial charge on any atom is 0.319 e. The van der Waals surface area contributed by atoms with Crippen LogP contribution in [0.1, 0.15) is 40.5 Å². The molecule has 1 aromatic carbocycles. The fraction of sp³-hybridized carbons (Fsp3) is 0.500. The van der Waals surface area contributed by atoms with E-state index in [0.717, 1.165) is 0 Å². The molecule has 0 radical (unpaired) electrons. The van der Waals surface area contributed by atoms with Crippen molar-refractivity contribution < 1.29 is 23.1 Å². The predicted molar refractivity (Wildman–Crippen MR) is 95.0 cm³/mol. The number of aliphatic carboxylic acids is 1. The van der Waals surface area contributed by atoms with E-state index in [1.165, 1.54) is 24.3 Å². The van der Waals surface area contributed by atoms with E-state index in [1.54, 1.807) is 27.7 Å². The molecule has 0 aliphatic heterocycles. The molecule has 0 heterocycles. The third-order valence-corrected chi connectivity index (χ3v) is 4.90.